The van der Waals surface area contributed by atoms with Crippen molar-refractivity contribution in [2.45, 2.75) is 6.42 Å². The molecule has 2 amide bonds. The maximum absolute atomic E-state index is 12.4. The molecule has 0 heterocycles. The molecule has 0 spiro atoms. The number of carbonyl (C=O) groups excluding carboxylic acids is 2. The number of anilines is 1. The first-order valence-electron chi connectivity index (χ1n) is 9.07. The molecular weight excluding hydrogens is 340 g/mol. The fraction of sp³-hybridized carbons (Fsp3) is 0.333. The predicted molar refractivity (Wildman–Crippen MR) is 109 cm³/mol. The molecule has 0 aliphatic rings. The van der Waals surface area contributed by atoms with Crippen LogP contribution in [0.2, 0.25) is 0 Å². The van der Waals surface area contributed by atoms with Gasteiger partial charge in [0.25, 0.3) is 5.91 Å². The Bertz CT molecular complexity index is 747. The van der Waals surface area contributed by atoms with E-state index in [1.165, 1.54) is 10.5 Å². The number of nitrogens with one attached hydrogen (secondary N) is 1. The molecule has 0 atom stereocenters. The summed E-state index contributed by atoms with van der Waals surface area (Å²) < 4.78 is 0. The second kappa shape index (κ2) is 10.4. The summed E-state index contributed by atoms with van der Waals surface area (Å²) in [5.74, 6) is -0.218. The van der Waals surface area contributed by atoms with Gasteiger partial charge in [0.2, 0.25) is 5.91 Å². The molecule has 2 aromatic carbocycles. The Morgan fingerprint density at radius 1 is 1.00 bits per heavy atom. The van der Waals surface area contributed by atoms with Crippen LogP contribution >= 0.6 is 0 Å². The van der Waals surface area contributed by atoms with E-state index in [0.717, 1.165) is 13.0 Å². The third-order valence-corrected chi connectivity index (χ3v) is 4.17. The molecule has 0 saturated carbocycles. The lowest BCUT2D eigenvalue weighted by Crippen LogP contribution is -2.38. The molecule has 27 heavy (non-hydrogen) atoms. The SMILES string of the molecule is CN(C)C(=O)c1cccc(NC(=O)CN(CCN)CCc2ccccc2)c1. The van der Waals surface area contributed by atoms with E-state index in [0.29, 0.717) is 24.3 Å². The first-order chi connectivity index (χ1) is 13.0. The monoisotopic (exact) mass is 368 g/mol. The topological polar surface area (TPSA) is 78.7 Å². The minimum atomic E-state index is -0.119. The predicted octanol–water partition coefficient (Wildman–Crippen LogP) is 1.83. The number of rotatable bonds is 9. The molecular formula is C21H28N4O2. The molecule has 0 bridgehead atoms. The Hall–Kier alpha value is -2.70. The van der Waals surface area contributed by atoms with Crippen molar-refractivity contribution in [3.63, 3.8) is 0 Å². The van der Waals surface area contributed by atoms with Gasteiger partial charge in [0.15, 0.2) is 0 Å². The van der Waals surface area contributed by atoms with Crippen molar-refractivity contribution in [3.8, 4) is 0 Å². The molecule has 6 heteroatoms. The molecule has 2 aromatic rings. The number of carbonyl (C=O) groups is 2. The third kappa shape index (κ3) is 6.84. The van der Waals surface area contributed by atoms with Gasteiger partial charge in [0.1, 0.15) is 0 Å². The van der Waals surface area contributed by atoms with Crippen molar-refractivity contribution in [2.24, 2.45) is 5.73 Å². The second-order valence-electron chi connectivity index (χ2n) is 6.63. The van der Waals surface area contributed by atoms with E-state index in [-0.39, 0.29) is 18.4 Å². The number of nitrogens with zero attached hydrogens (tertiary/aromatic N) is 2. The van der Waals surface area contributed by atoms with Crippen molar-refractivity contribution in [1.82, 2.24) is 9.80 Å². The minimum absolute atomic E-state index is 0.0984. The lowest BCUT2D eigenvalue weighted by Gasteiger charge is -2.21. The van der Waals surface area contributed by atoms with Crippen LogP contribution in [0.15, 0.2) is 54.6 Å². The maximum atomic E-state index is 12.4. The molecule has 0 radical (unpaired) electrons. The normalized spacial score (nSPS) is 10.7. The van der Waals surface area contributed by atoms with Crippen molar-refractivity contribution in [3.05, 3.63) is 65.7 Å². The minimum Gasteiger partial charge on any atom is -0.345 e. The standard InChI is InChI=1S/C21H28N4O2/c1-24(2)21(27)18-9-6-10-19(15-18)23-20(26)16-25(14-12-22)13-11-17-7-4-3-5-8-17/h3-10,15H,11-14,16,22H2,1-2H3,(H,23,26). The van der Waals surface area contributed by atoms with Crippen LogP contribution in [0.25, 0.3) is 0 Å². The maximum Gasteiger partial charge on any atom is 0.253 e. The highest BCUT2D eigenvalue weighted by atomic mass is 16.2. The van der Waals surface area contributed by atoms with Crippen LogP contribution in [-0.2, 0) is 11.2 Å². The van der Waals surface area contributed by atoms with Gasteiger partial charge in [-0.15, -0.1) is 0 Å². The Morgan fingerprint density at radius 3 is 2.41 bits per heavy atom. The van der Waals surface area contributed by atoms with E-state index in [4.69, 9.17) is 5.73 Å². The van der Waals surface area contributed by atoms with Crippen LogP contribution in [-0.4, -0.2) is 61.9 Å². The Morgan fingerprint density at radius 2 is 1.74 bits per heavy atom. The highest BCUT2D eigenvalue weighted by Crippen LogP contribution is 2.12. The van der Waals surface area contributed by atoms with Gasteiger partial charge in [-0.25, -0.2) is 0 Å². The van der Waals surface area contributed by atoms with Crippen LogP contribution in [0.3, 0.4) is 0 Å². The van der Waals surface area contributed by atoms with Gasteiger partial charge >= 0.3 is 0 Å². The highest BCUT2D eigenvalue weighted by Gasteiger charge is 2.12. The fourth-order valence-corrected chi connectivity index (χ4v) is 2.78. The molecule has 0 saturated heterocycles. The van der Waals surface area contributed by atoms with Gasteiger partial charge in [-0.1, -0.05) is 36.4 Å². The molecule has 0 aliphatic heterocycles. The summed E-state index contributed by atoms with van der Waals surface area (Å²) in [6, 6.07) is 17.1. The van der Waals surface area contributed by atoms with E-state index in [1.54, 1.807) is 38.4 Å². The number of hydrogen-bond acceptors (Lipinski definition) is 4. The molecule has 0 aliphatic carbocycles. The fourth-order valence-electron chi connectivity index (χ4n) is 2.78. The van der Waals surface area contributed by atoms with Gasteiger partial charge in [-0.3, -0.25) is 14.5 Å². The first-order valence-corrected chi connectivity index (χ1v) is 9.07. The van der Waals surface area contributed by atoms with Crippen LogP contribution in [0.1, 0.15) is 15.9 Å². The molecule has 144 valence electrons. The molecule has 0 aromatic heterocycles. The summed E-state index contributed by atoms with van der Waals surface area (Å²) in [5, 5.41) is 2.87. The van der Waals surface area contributed by atoms with E-state index in [2.05, 4.69) is 17.4 Å². The summed E-state index contributed by atoms with van der Waals surface area (Å²) >= 11 is 0. The van der Waals surface area contributed by atoms with Gasteiger partial charge < -0.3 is 16.0 Å². The number of benzene rings is 2. The zero-order valence-electron chi connectivity index (χ0n) is 16.0. The lowest BCUT2D eigenvalue weighted by molar-refractivity contribution is -0.117. The van der Waals surface area contributed by atoms with Crippen molar-refractivity contribution >= 4 is 17.5 Å². The Balaban J connectivity index is 1.93. The zero-order chi connectivity index (χ0) is 19.6. The first kappa shape index (κ1) is 20.6. The van der Waals surface area contributed by atoms with E-state index in [9.17, 15) is 9.59 Å². The largest absolute Gasteiger partial charge is 0.345 e. The lowest BCUT2D eigenvalue weighted by atomic mass is 10.1. The van der Waals surface area contributed by atoms with Crippen LogP contribution < -0.4 is 11.1 Å². The summed E-state index contributed by atoms with van der Waals surface area (Å²) in [7, 11) is 3.40. The smallest absolute Gasteiger partial charge is 0.253 e. The van der Waals surface area contributed by atoms with E-state index >= 15 is 0 Å². The van der Waals surface area contributed by atoms with E-state index < -0.39 is 0 Å². The number of amides is 2. The summed E-state index contributed by atoms with van der Waals surface area (Å²) in [6.07, 6.45) is 0.862. The molecule has 0 unspecified atom stereocenters. The van der Waals surface area contributed by atoms with Crippen LogP contribution in [0.4, 0.5) is 5.69 Å². The summed E-state index contributed by atoms with van der Waals surface area (Å²) in [6.45, 7) is 2.16. The summed E-state index contributed by atoms with van der Waals surface area (Å²) in [5.41, 5.74) is 8.08. The molecule has 6 nitrogen and oxygen atoms in total. The average Bonchev–Trinajstić information content (AvgIpc) is 2.66. The van der Waals surface area contributed by atoms with Gasteiger partial charge in [-0.05, 0) is 30.2 Å². The van der Waals surface area contributed by atoms with Crippen molar-refractivity contribution in [1.29, 1.82) is 0 Å². The van der Waals surface area contributed by atoms with Crippen molar-refractivity contribution < 1.29 is 9.59 Å². The number of hydrogen-bond donors (Lipinski definition) is 2. The van der Waals surface area contributed by atoms with Gasteiger partial charge in [0.05, 0.1) is 6.54 Å². The summed E-state index contributed by atoms with van der Waals surface area (Å²) in [4.78, 5) is 28.0. The third-order valence-electron chi connectivity index (χ3n) is 4.17. The van der Waals surface area contributed by atoms with Crippen molar-refractivity contribution in [2.75, 3.05) is 45.6 Å². The number of nitrogens with two attached hydrogens (primary N) is 1. The average molecular weight is 368 g/mol. The highest BCUT2D eigenvalue weighted by molar-refractivity contribution is 5.97. The second-order valence-corrected chi connectivity index (χ2v) is 6.63. The van der Waals surface area contributed by atoms with Crippen LogP contribution in [0.5, 0.6) is 0 Å². The Labute approximate surface area is 161 Å². The quantitative estimate of drug-likeness (QED) is 0.708. The molecule has 3 N–H and O–H groups in total. The molecule has 0 fully saturated rings. The van der Waals surface area contributed by atoms with Crippen LogP contribution in [0, 0.1) is 0 Å². The zero-order valence-corrected chi connectivity index (χ0v) is 16.0. The van der Waals surface area contributed by atoms with Gasteiger partial charge in [0, 0.05) is 45.0 Å². The Kier molecular flexibility index (Phi) is 7.98. The van der Waals surface area contributed by atoms with E-state index in [1.807, 2.05) is 23.1 Å². The molecule has 2 rings (SSSR count). The van der Waals surface area contributed by atoms with Gasteiger partial charge in [-0.2, -0.15) is 0 Å².